The number of hydrogen-bond donors (Lipinski definition) is 2. The van der Waals surface area contributed by atoms with E-state index < -0.39 is 9.84 Å². The molecule has 0 aliphatic carbocycles. The van der Waals surface area contributed by atoms with E-state index in [1.54, 1.807) is 18.3 Å². The van der Waals surface area contributed by atoms with E-state index in [1.807, 2.05) is 0 Å². The number of anilines is 2. The van der Waals surface area contributed by atoms with Gasteiger partial charge in [-0.2, -0.15) is 0 Å². The average Bonchev–Trinajstić information content (AvgIpc) is 3.34. The number of ether oxygens (including phenoxy) is 3. The number of pyridine rings is 1. The highest BCUT2D eigenvalue weighted by Crippen LogP contribution is 2.46. The van der Waals surface area contributed by atoms with Gasteiger partial charge in [0.15, 0.2) is 11.6 Å². The molecule has 0 amide bonds. The van der Waals surface area contributed by atoms with Crippen molar-refractivity contribution in [1.82, 2.24) is 15.0 Å². The number of nitrogens with one attached hydrogen (secondary N) is 2. The van der Waals surface area contributed by atoms with Gasteiger partial charge in [0, 0.05) is 48.4 Å². The van der Waals surface area contributed by atoms with Crippen LogP contribution < -0.4 is 20.1 Å². The van der Waals surface area contributed by atoms with Crippen LogP contribution in [0.2, 0.25) is 10.0 Å². The van der Waals surface area contributed by atoms with Crippen molar-refractivity contribution in [2.45, 2.75) is 12.5 Å². The minimum Gasteiger partial charge on any atom is -0.495 e. The Labute approximate surface area is 242 Å². The van der Waals surface area contributed by atoms with Crippen LogP contribution in [0.25, 0.3) is 22.2 Å². The summed E-state index contributed by atoms with van der Waals surface area (Å²) in [6, 6.07) is 3.11. The molecule has 1 fully saturated rings. The van der Waals surface area contributed by atoms with E-state index in [1.165, 1.54) is 20.3 Å². The fraction of sp³-hybridized carbons (Fsp3) is 0.385. The maximum atomic E-state index is 11.9. The van der Waals surface area contributed by atoms with Crippen LogP contribution in [0.5, 0.6) is 11.5 Å². The van der Waals surface area contributed by atoms with Gasteiger partial charge in [-0.25, -0.2) is 23.4 Å². The predicted octanol–water partition coefficient (Wildman–Crippen LogP) is 4.04. The zero-order chi connectivity index (χ0) is 29.0. The number of hydrogen-bond acceptors (Lipinski definition) is 11. The minimum atomic E-state index is -3.24. The number of aromatic nitrogens is 3. The van der Waals surface area contributed by atoms with Crippen LogP contribution in [0.1, 0.15) is 6.42 Å². The second-order valence-corrected chi connectivity index (χ2v) is 12.3. The van der Waals surface area contributed by atoms with Crippen LogP contribution in [0.3, 0.4) is 0 Å². The molecule has 3 heterocycles. The first-order valence-electron chi connectivity index (χ1n) is 12.2. The Morgan fingerprint density at radius 3 is 2.50 bits per heavy atom. The lowest BCUT2D eigenvalue weighted by Crippen LogP contribution is -2.30. The van der Waals surface area contributed by atoms with Gasteiger partial charge in [0.2, 0.25) is 5.95 Å². The molecule has 3 aromatic rings. The molecule has 14 heteroatoms. The number of benzene rings is 1. The number of carbonyl (C=O) groups is 1. The van der Waals surface area contributed by atoms with E-state index in [4.69, 9.17) is 42.4 Å². The summed E-state index contributed by atoms with van der Waals surface area (Å²) in [5.41, 5.74) is 1.18. The molecule has 2 atom stereocenters. The van der Waals surface area contributed by atoms with Crippen LogP contribution in [-0.2, 0) is 19.4 Å². The van der Waals surface area contributed by atoms with E-state index in [0.29, 0.717) is 65.1 Å². The highest BCUT2D eigenvalue weighted by Gasteiger charge is 2.30. The van der Waals surface area contributed by atoms with Crippen molar-refractivity contribution in [2.24, 2.45) is 5.92 Å². The zero-order valence-electron chi connectivity index (χ0n) is 22.2. The molecular formula is C26H29Cl2N5O6S. The SMILES string of the molecule is C=CC(=O)C[C@H]1COC[C@H]1Nc1ncc2cc(-c3c(Cl)c(OC)cc(OC)c3Cl)nc(NCCS(C)(=O)=O)c2n1. The van der Waals surface area contributed by atoms with Crippen molar-refractivity contribution in [2.75, 3.05) is 56.6 Å². The Kier molecular flexibility index (Phi) is 9.34. The quantitative estimate of drug-likeness (QED) is 0.287. The summed E-state index contributed by atoms with van der Waals surface area (Å²) < 4.78 is 39.9. The molecule has 0 unspecified atom stereocenters. The molecule has 11 nitrogen and oxygen atoms in total. The first-order valence-corrected chi connectivity index (χ1v) is 15.1. The second-order valence-electron chi connectivity index (χ2n) is 9.25. The summed E-state index contributed by atoms with van der Waals surface area (Å²) in [6.45, 7) is 4.44. The van der Waals surface area contributed by atoms with Crippen LogP contribution in [0.4, 0.5) is 11.8 Å². The number of fused-ring (bicyclic) bond motifs is 1. The summed E-state index contributed by atoms with van der Waals surface area (Å²) in [6.07, 6.45) is 4.36. The lowest BCUT2D eigenvalue weighted by molar-refractivity contribution is -0.115. The summed E-state index contributed by atoms with van der Waals surface area (Å²) >= 11 is 13.3. The van der Waals surface area contributed by atoms with Gasteiger partial charge in [-0.05, 0) is 12.1 Å². The van der Waals surface area contributed by atoms with Crippen LogP contribution >= 0.6 is 23.2 Å². The lowest BCUT2D eigenvalue weighted by atomic mass is 9.97. The van der Waals surface area contributed by atoms with Gasteiger partial charge in [-0.3, -0.25) is 4.79 Å². The standard InChI is InChI=1S/C26H29Cl2N5O6S/c1-5-16(34)8-15-12-39-13-18(15)32-26-30-11-14-9-17(21-22(27)19(37-2)10-20(38-3)23(21)28)31-25(24(14)33-26)29-6-7-40(4,35)36/h5,9-11,15,18H,1,6-8,12-13H2,2-4H3,(H,29,31)(H,30,32,33)/t15-,18+/m0/s1. The first kappa shape index (κ1) is 29.8. The second kappa shape index (κ2) is 12.5. The van der Waals surface area contributed by atoms with E-state index in [2.05, 4.69) is 27.2 Å². The Morgan fingerprint density at radius 1 is 1.18 bits per heavy atom. The summed E-state index contributed by atoms with van der Waals surface area (Å²) in [5.74, 6) is 1.03. The molecule has 214 valence electrons. The Bertz CT molecular complexity index is 1520. The highest BCUT2D eigenvalue weighted by atomic mass is 35.5. The number of halogens is 2. The molecule has 0 saturated carbocycles. The Morgan fingerprint density at radius 2 is 1.88 bits per heavy atom. The van der Waals surface area contributed by atoms with E-state index in [-0.39, 0.29) is 40.1 Å². The van der Waals surface area contributed by atoms with Crippen LogP contribution in [0, 0.1) is 5.92 Å². The molecular weight excluding hydrogens is 581 g/mol. The number of sulfone groups is 1. The highest BCUT2D eigenvalue weighted by molar-refractivity contribution is 7.90. The lowest BCUT2D eigenvalue weighted by Gasteiger charge is -2.19. The van der Waals surface area contributed by atoms with Gasteiger partial charge in [0.05, 0.1) is 55.0 Å². The molecule has 1 aromatic carbocycles. The smallest absolute Gasteiger partial charge is 0.223 e. The van der Waals surface area contributed by atoms with Gasteiger partial charge < -0.3 is 24.8 Å². The largest absolute Gasteiger partial charge is 0.495 e. The van der Waals surface area contributed by atoms with Gasteiger partial charge >= 0.3 is 0 Å². The third-order valence-corrected chi connectivity index (χ3v) is 8.06. The average molecular weight is 611 g/mol. The normalized spacial score (nSPS) is 17.0. The molecule has 0 bridgehead atoms. The molecule has 1 aliphatic rings. The fourth-order valence-corrected chi connectivity index (χ4v) is 5.46. The van der Waals surface area contributed by atoms with Crippen LogP contribution in [0.15, 0.2) is 31.0 Å². The first-order chi connectivity index (χ1) is 19.0. The molecule has 1 aliphatic heterocycles. The molecule has 40 heavy (non-hydrogen) atoms. The molecule has 2 aromatic heterocycles. The van der Waals surface area contributed by atoms with Gasteiger partial charge in [0.1, 0.15) is 26.9 Å². The maximum Gasteiger partial charge on any atom is 0.223 e. The molecule has 1 saturated heterocycles. The van der Waals surface area contributed by atoms with Crippen molar-refractivity contribution in [3.05, 3.63) is 41.0 Å². The monoisotopic (exact) mass is 609 g/mol. The Balaban J connectivity index is 1.78. The van der Waals surface area contributed by atoms with Gasteiger partial charge in [0.25, 0.3) is 0 Å². The van der Waals surface area contributed by atoms with E-state index >= 15 is 0 Å². The van der Waals surface area contributed by atoms with E-state index in [9.17, 15) is 13.2 Å². The topological polar surface area (TPSA) is 142 Å². The molecule has 0 radical (unpaired) electrons. The van der Waals surface area contributed by atoms with E-state index in [0.717, 1.165) is 6.26 Å². The molecule has 2 N–H and O–H groups in total. The maximum absolute atomic E-state index is 11.9. The van der Waals surface area contributed by atoms with Gasteiger partial charge in [-0.15, -0.1) is 0 Å². The van der Waals surface area contributed by atoms with Crippen molar-refractivity contribution >= 4 is 61.5 Å². The molecule has 4 rings (SSSR count). The summed E-state index contributed by atoms with van der Waals surface area (Å²) in [7, 11) is -0.298. The number of nitrogens with zero attached hydrogens (tertiary/aromatic N) is 3. The van der Waals surface area contributed by atoms with Gasteiger partial charge in [-0.1, -0.05) is 29.8 Å². The number of rotatable bonds is 12. The number of ketones is 1. The third kappa shape index (κ3) is 6.74. The van der Waals surface area contributed by atoms with Crippen LogP contribution in [-0.4, -0.2) is 81.2 Å². The summed E-state index contributed by atoms with van der Waals surface area (Å²) in [5, 5.41) is 7.37. The number of methoxy groups -OCH3 is 2. The minimum absolute atomic E-state index is 0.0648. The fourth-order valence-electron chi connectivity index (χ4n) is 4.29. The van der Waals surface area contributed by atoms with Crippen molar-refractivity contribution in [1.29, 1.82) is 0 Å². The number of allylic oxidation sites excluding steroid dienone is 1. The van der Waals surface area contributed by atoms with Crippen molar-refractivity contribution < 1.29 is 27.4 Å². The predicted molar refractivity (Wildman–Crippen MR) is 156 cm³/mol. The number of carbonyl (C=O) groups excluding carboxylic acids is 1. The molecule has 0 spiro atoms. The summed E-state index contributed by atoms with van der Waals surface area (Å²) in [4.78, 5) is 25.7. The zero-order valence-corrected chi connectivity index (χ0v) is 24.5. The third-order valence-electron chi connectivity index (χ3n) is 6.36. The van der Waals surface area contributed by atoms with Crippen molar-refractivity contribution in [3.63, 3.8) is 0 Å². The van der Waals surface area contributed by atoms with Crippen molar-refractivity contribution in [3.8, 4) is 22.8 Å². The Hall–Kier alpha value is -3.19.